The summed E-state index contributed by atoms with van der Waals surface area (Å²) < 4.78 is 22.6. The number of nitrogens with zero attached hydrogens (tertiary/aromatic N) is 2. The van der Waals surface area contributed by atoms with Gasteiger partial charge in [0.2, 0.25) is 6.10 Å². The molecule has 4 rings (SSSR count). The van der Waals surface area contributed by atoms with E-state index in [1.807, 2.05) is 88.7 Å². The minimum Gasteiger partial charge on any atom is -0.490 e. The maximum absolute atomic E-state index is 13.3. The van der Waals surface area contributed by atoms with E-state index in [4.69, 9.17) is 35.1 Å². The molecule has 1 heterocycles. The highest BCUT2D eigenvalue weighted by atomic mass is 16.7. The van der Waals surface area contributed by atoms with Gasteiger partial charge in [0.1, 0.15) is 23.6 Å². The van der Waals surface area contributed by atoms with E-state index in [9.17, 15) is 14.4 Å². The van der Waals surface area contributed by atoms with Gasteiger partial charge in [-0.25, -0.2) is 20.3 Å². The topological polar surface area (TPSA) is 178 Å². The molecule has 0 radical (unpaired) electrons. The fraction of sp³-hybridized carbons (Fsp3) is 0.463. The molecule has 3 aromatic rings. The standard InChI is InChI=1S/C41H56N6O8/c1-40(2,3)53-38(49)44-21-13-23-46(24-14-22-45-39(50)54-41(4,5)6)37(42)47-26-31-19-20-33(25-32(31)27-47)51-28-34(55-43)36(48)52-35(29-15-9-7-10-16-29)30-17-11-8-12-18-30/h7-12,15-20,25,34-35,42H,13-14,21-24,26-28,43H2,1-6H3,(H,44,49)(H,45,50)/t34-/m0/s1. The van der Waals surface area contributed by atoms with Crippen molar-refractivity contribution >= 4 is 24.1 Å². The summed E-state index contributed by atoms with van der Waals surface area (Å²) in [4.78, 5) is 46.5. The Hall–Kier alpha value is -5.34. The van der Waals surface area contributed by atoms with E-state index in [0.29, 0.717) is 63.8 Å². The van der Waals surface area contributed by atoms with E-state index < -0.39 is 41.6 Å². The Morgan fingerprint density at radius 1 is 0.782 bits per heavy atom. The summed E-state index contributed by atoms with van der Waals surface area (Å²) in [6, 6.07) is 24.5. The first-order chi connectivity index (χ1) is 26.1. The van der Waals surface area contributed by atoms with Crippen molar-refractivity contribution in [2.45, 2.75) is 90.9 Å². The van der Waals surface area contributed by atoms with Crippen molar-refractivity contribution in [1.29, 1.82) is 5.41 Å². The lowest BCUT2D eigenvalue weighted by atomic mass is 10.0. The second-order valence-electron chi connectivity index (χ2n) is 15.2. The van der Waals surface area contributed by atoms with Gasteiger partial charge >= 0.3 is 18.2 Å². The number of rotatable bonds is 16. The number of benzene rings is 3. The van der Waals surface area contributed by atoms with E-state index in [1.54, 1.807) is 41.5 Å². The molecule has 0 spiro atoms. The smallest absolute Gasteiger partial charge is 0.407 e. The van der Waals surface area contributed by atoms with Gasteiger partial charge in [0.15, 0.2) is 12.1 Å². The van der Waals surface area contributed by atoms with Crippen LogP contribution >= 0.6 is 0 Å². The lowest BCUT2D eigenvalue weighted by Gasteiger charge is -2.31. The number of carbonyl (C=O) groups is 3. The number of nitrogens with one attached hydrogen (secondary N) is 3. The van der Waals surface area contributed by atoms with Crippen LogP contribution in [0.3, 0.4) is 0 Å². The molecule has 55 heavy (non-hydrogen) atoms. The molecule has 0 aromatic heterocycles. The lowest BCUT2D eigenvalue weighted by Crippen LogP contribution is -2.44. The van der Waals surface area contributed by atoms with Crippen molar-refractivity contribution < 1.29 is 38.2 Å². The summed E-state index contributed by atoms with van der Waals surface area (Å²) in [5.41, 5.74) is 2.42. The van der Waals surface area contributed by atoms with Gasteiger partial charge in [-0.3, -0.25) is 10.2 Å². The van der Waals surface area contributed by atoms with Gasteiger partial charge in [-0.05, 0) is 88.8 Å². The highest BCUT2D eigenvalue weighted by Gasteiger charge is 2.29. The summed E-state index contributed by atoms with van der Waals surface area (Å²) in [5.74, 6) is 5.73. The molecule has 298 valence electrons. The molecular weight excluding hydrogens is 704 g/mol. The third kappa shape index (κ3) is 14.1. The molecule has 0 unspecified atom stereocenters. The van der Waals surface area contributed by atoms with Gasteiger partial charge in [0, 0.05) is 39.3 Å². The fourth-order valence-electron chi connectivity index (χ4n) is 5.79. The molecule has 14 heteroatoms. The van der Waals surface area contributed by atoms with Crippen LogP contribution in [0.5, 0.6) is 5.75 Å². The number of fused-ring (bicyclic) bond motifs is 1. The van der Waals surface area contributed by atoms with Gasteiger partial charge in [-0.2, -0.15) is 0 Å². The Kier molecular flexibility index (Phi) is 15.3. The number of nitrogens with two attached hydrogens (primary N) is 1. The van der Waals surface area contributed by atoms with Crippen LogP contribution in [0.1, 0.15) is 82.7 Å². The van der Waals surface area contributed by atoms with Crippen LogP contribution < -0.4 is 21.3 Å². The van der Waals surface area contributed by atoms with Gasteiger partial charge in [-0.15, -0.1) is 0 Å². The first kappa shape index (κ1) is 42.4. The van der Waals surface area contributed by atoms with Crippen LogP contribution in [0.15, 0.2) is 78.9 Å². The second kappa shape index (κ2) is 19.8. The maximum atomic E-state index is 13.3. The Bertz CT molecular complexity index is 1640. The van der Waals surface area contributed by atoms with Crippen LogP contribution in [0.4, 0.5) is 9.59 Å². The highest BCUT2D eigenvalue weighted by Crippen LogP contribution is 2.29. The number of esters is 1. The molecule has 0 aliphatic carbocycles. The van der Waals surface area contributed by atoms with Crippen molar-refractivity contribution in [2.24, 2.45) is 5.90 Å². The third-order valence-electron chi connectivity index (χ3n) is 8.31. The zero-order valence-electron chi connectivity index (χ0n) is 32.8. The van der Waals surface area contributed by atoms with Gasteiger partial charge < -0.3 is 39.4 Å². The molecule has 0 bridgehead atoms. The number of guanidine groups is 1. The van der Waals surface area contributed by atoms with Crippen LogP contribution in [0.2, 0.25) is 0 Å². The normalized spacial score (nSPS) is 13.1. The molecule has 2 amide bonds. The molecule has 1 aliphatic heterocycles. The predicted octanol–water partition coefficient (Wildman–Crippen LogP) is 6.04. The number of alkyl carbamates (subject to hydrolysis) is 2. The highest BCUT2D eigenvalue weighted by molar-refractivity contribution is 5.78. The minimum atomic E-state index is -1.18. The molecule has 5 N–H and O–H groups in total. The van der Waals surface area contributed by atoms with E-state index >= 15 is 0 Å². The van der Waals surface area contributed by atoms with Crippen molar-refractivity contribution in [3.8, 4) is 5.75 Å². The number of ether oxygens (including phenoxy) is 4. The first-order valence-electron chi connectivity index (χ1n) is 18.5. The summed E-state index contributed by atoms with van der Waals surface area (Å²) in [5, 5.41) is 14.7. The van der Waals surface area contributed by atoms with Gasteiger partial charge in [0.25, 0.3) is 0 Å². The van der Waals surface area contributed by atoms with Crippen molar-refractivity contribution in [2.75, 3.05) is 32.8 Å². The van der Waals surface area contributed by atoms with Crippen molar-refractivity contribution in [3.63, 3.8) is 0 Å². The van der Waals surface area contributed by atoms with Crippen LogP contribution in [0.25, 0.3) is 0 Å². The molecule has 1 aliphatic rings. The maximum Gasteiger partial charge on any atom is 0.407 e. The Labute approximate surface area is 324 Å². The molecule has 1 atom stereocenters. The lowest BCUT2D eigenvalue weighted by molar-refractivity contribution is -0.163. The fourth-order valence-corrected chi connectivity index (χ4v) is 5.79. The third-order valence-corrected chi connectivity index (χ3v) is 8.31. The van der Waals surface area contributed by atoms with Crippen LogP contribution in [-0.2, 0) is 36.9 Å². The number of carbonyl (C=O) groups excluding carboxylic acids is 3. The summed E-state index contributed by atoms with van der Waals surface area (Å²) >= 11 is 0. The zero-order chi connectivity index (χ0) is 40.0. The average Bonchev–Trinajstić information content (AvgIpc) is 3.56. The van der Waals surface area contributed by atoms with Gasteiger partial charge in [-0.1, -0.05) is 66.7 Å². The summed E-state index contributed by atoms with van der Waals surface area (Å²) in [7, 11) is 0. The minimum absolute atomic E-state index is 0.174. The molecule has 14 nitrogen and oxygen atoms in total. The first-order valence-corrected chi connectivity index (χ1v) is 18.5. The van der Waals surface area contributed by atoms with E-state index in [1.165, 1.54) is 0 Å². The average molecular weight is 761 g/mol. The largest absolute Gasteiger partial charge is 0.490 e. The zero-order valence-corrected chi connectivity index (χ0v) is 32.8. The van der Waals surface area contributed by atoms with Crippen molar-refractivity contribution in [3.05, 3.63) is 101 Å². The molecule has 0 saturated heterocycles. The van der Waals surface area contributed by atoms with Crippen molar-refractivity contribution in [1.82, 2.24) is 20.4 Å². The number of hydrogen-bond donors (Lipinski definition) is 4. The van der Waals surface area contributed by atoms with Crippen LogP contribution in [-0.4, -0.2) is 84.0 Å². The van der Waals surface area contributed by atoms with Crippen LogP contribution in [0, 0.1) is 5.41 Å². The molecule has 0 fully saturated rings. The SMILES string of the molecule is CC(C)(C)OC(=O)NCCCN(CCCNC(=O)OC(C)(C)C)C(=N)N1Cc2ccc(OC[C@H](ON)C(=O)OC(c3ccccc3)c3ccccc3)cc2C1. The molecule has 0 saturated carbocycles. The van der Waals surface area contributed by atoms with E-state index in [-0.39, 0.29) is 6.61 Å². The quantitative estimate of drug-likeness (QED) is 0.0334. The monoisotopic (exact) mass is 760 g/mol. The molecule has 3 aromatic carbocycles. The molecular formula is C41H56N6O8. The Morgan fingerprint density at radius 3 is 1.78 bits per heavy atom. The Morgan fingerprint density at radius 2 is 1.29 bits per heavy atom. The second-order valence-corrected chi connectivity index (χ2v) is 15.2. The van der Waals surface area contributed by atoms with E-state index in [2.05, 4.69) is 10.6 Å². The summed E-state index contributed by atoms with van der Waals surface area (Å²) in [6.07, 6.45) is -1.68. The number of hydrogen-bond acceptors (Lipinski definition) is 10. The number of amides is 2. The summed E-state index contributed by atoms with van der Waals surface area (Å²) in [6.45, 7) is 13.4. The Balaban J connectivity index is 1.34. The van der Waals surface area contributed by atoms with E-state index in [0.717, 1.165) is 22.3 Å². The van der Waals surface area contributed by atoms with Gasteiger partial charge in [0.05, 0.1) is 0 Å². The predicted molar refractivity (Wildman–Crippen MR) is 208 cm³/mol.